The molecular formula is C20H16ClFN4O2S. The van der Waals surface area contributed by atoms with Crippen LogP contribution in [-0.4, -0.2) is 21.7 Å². The number of benzene rings is 2. The Bertz CT molecular complexity index is 1110. The van der Waals surface area contributed by atoms with Crippen molar-refractivity contribution in [3.05, 3.63) is 77.3 Å². The first-order chi connectivity index (χ1) is 14.1. The molecule has 148 valence electrons. The van der Waals surface area contributed by atoms with Crippen molar-refractivity contribution < 1.29 is 13.3 Å². The predicted octanol–water partition coefficient (Wildman–Crippen LogP) is 4.30. The van der Waals surface area contributed by atoms with E-state index >= 15 is 0 Å². The average Bonchev–Trinajstić information content (AvgIpc) is 2.72. The molecule has 2 N–H and O–H groups in total. The smallest absolute Gasteiger partial charge is 0.208 e. The molecule has 0 saturated heterocycles. The van der Waals surface area contributed by atoms with Crippen molar-refractivity contribution in [1.82, 2.24) is 9.71 Å². The summed E-state index contributed by atoms with van der Waals surface area (Å²) in [6, 6.07) is 15.2. The number of hydrogen-bond acceptors (Lipinski definition) is 4. The SMILES string of the molecule is O=S1NC(=NCCc2ncccc2F)Nc2c(Oc3ccccc3Cl)cccc21. The van der Waals surface area contributed by atoms with Crippen molar-refractivity contribution in [1.29, 1.82) is 0 Å². The van der Waals surface area contributed by atoms with Gasteiger partial charge >= 0.3 is 0 Å². The minimum atomic E-state index is -1.52. The van der Waals surface area contributed by atoms with Gasteiger partial charge in [0.05, 0.1) is 15.6 Å². The fourth-order valence-electron chi connectivity index (χ4n) is 2.75. The molecule has 0 aliphatic carbocycles. The largest absolute Gasteiger partial charge is 0.454 e. The van der Waals surface area contributed by atoms with Gasteiger partial charge < -0.3 is 10.1 Å². The average molecular weight is 431 g/mol. The van der Waals surface area contributed by atoms with Crippen molar-refractivity contribution >= 4 is 34.2 Å². The van der Waals surface area contributed by atoms with Crippen LogP contribution in [0.2, 0.25) is 5.02 Å². The molecule has 4 rings (SSSR count). The molecule has 1 atom stereocenters. The van der Waals surface area contributed by atoms with Gasteiger partial charge in [0.2, 0.25) is 5.96 Å². The van der Waals surface area contributed by atoms with E-state index in [0.717, 1.165) is 0 Å². The van der Waals surface area contributed by atoms with Gasteiger partial charge in [0.25, 0.3) is 0 Å². The number of aliphatic imine (C=N–C) groups is 1. The zero-order valence-electron chi connectivity index (χ0n) is 15.1. The van der Waals surface area contributed by atoms with Gasteiger partial charge in [-0.1, -0.05) is 29.8 Å². The fourth-order valence-corrected chi connectivity index (χ4v) is 3.87. The van der Waals surface area contributed by atoms with Crippen LogP contribution in [0.15, 0.2) is 70.7 Å². The van der Waals surface area contributed by atoms with Crippen molar-refractivity contribution in [3.63, 3.8) is 0 Å². The number of rotatable bonds is 5. The van der Waals surface area contributed by atoms with E-state index in [0.29, 0.717) is 45.2 Å². The Morgan fingerprint density at radius 2 is 1.93 bits per heavy atom. The van der Waals surface area contributed by atoms with Crippen molar-refractivity contribution in [3.8, 4) is 11.5 Å². The Hall–Kier alpha value is -2.97. The summed E-state index contributed by atoms with van der Waals surface area (Å²) in [5.41, 5.74) is 0.865. The van der Waals surface area contributed by atoms with Crippen LogP contribution in [0.25, 0.3) is 0 Å². The second-order valence-electron chi connectivity index (χ2n) is 6.07. The number of nitrogens with zero attached hydrogens (tertiary/aromatic N) is 2. The lowest BCUT2D eigenvalue weighted by Gasteiger charge is -2.23. The van der Waals surface area contributed by atoms with Crippen LogP contribution >= 0.6 is 11.6 Å². The number of anilines is 1. The molecule has 1 aliphatic rings. The standard InChI is InChI=1S/C20H16ClFN4O2S/c21-13-5-1-2-7-16(13)28-17-8-3-9-18-19(17)25-20(26-29(18)27)24-12-10-15-14(22)6-4-11-23-15/h1-9,11H,10,12H2,(H2,24,25,26). The van der Waals surface area contributed by atoms with Gasteiger partial charge in [-0.2, -0.15) is 0 Å². The molecule has 0 amide bonds. The van der Waals surface area contributed by atoms with Gasteiger partial charge in [-0.05, 0) is 36.4 Å². The highest BCUT2D eigenvalue weighted by Crippen LogP contribution is 2.37. The highest BCUT2D eigenvalue weighted by Gasteiger charge is 2.23. The molecule has 2 aromatic carbocycles. The monoisotopic (exact) mass is 430 g/mol. The van der Waals surface area contributed by atoms with Crippen molar-refractivity contribution in [2.45, 2.75) is 11.3 Å². The van der Waals surface area contributed by atoms with Gasteiger partial charge in [0.15, 0.2) is 16.7 Å². The number of halogens is 2. The van der Waals surface area contributed by atoms with E-state index < -0.39 is 11.0 Å². The summed E-state index contributed by atoms with van der Waals surface area (Å²) in [5, 5.41) is 3.56. The minimum absolute atomic E-state index is 0.267. The lowest BCUT2D eigenvalue weighted by atomic mass is 10.2. The summed E-state index contributed by atoms with van der Waals surface area (Å²) in [6.45, 7) is 0.267. The number of aromatic nitrogens is 1. The molecule has 29 heavy (non-hydrogen) atoms. The van der Waals surface area contributed by atoms with E-state index in [1.807, 2.05) is 12.1 Å². The molecule has 3 aromatic rings. The molecule has 0 bridgehead atoms. The maximum Gasteiger partial charge on any atom is 0.208 e. The second kappa shape index (κ2) is 8.59. The molecule has 1 aliphatic heterocycles. The maximum absolute atomic E-state index is 13.7. The molecule has 0 spiro atoms. The third-order valence-corrected chi connectivity index (χ3v) is 5.56. The van der Waals surface area contributed by atoms with Crippen molar-refractivity contribution in [2.24, 2.45) is 4.99 Å². The van der Waals surface area contributed by atoms with Gasteiger partial charge in [-0.15, -0.1) is 0 Å². The van der Waals surface area contributed by atoms with E-state index in [4.69, 9.17) is 16.3 Å². The minimum Gasteiger partial charge on any atom is -0.454 e. The van der Waals surface area contributed by atoms with E-state index in [2.05, 4.69) is 20.0 Å². The van der Waals surface area contributed by atoms with E-state index in [9.17, 15) is 8.60 Å². The van der Waals surface area contributed by atoms with Crippen LogP contribution in [0.4, 0.5) is 10.1 Å². The molecule has 6 nitrogen and oxygen atoms in total. The molecule has 1 aromatic heterocycles. The predicted molar refractivity (Wildman–Crippen MR) is 111 cm³/mol. The van der Waals surface area contributed by atoms with Crippen LogP contribution in [-0.2, 0) is 17.4 Å². The Morgan fingerprint density at radius 1 is 1.10 bits per heavy atom. The molecule has 2 heterocycles. The molecular weight excluding hydrogens is 415 g/mol. The first-order valence-corrected chi connectivity index (χ1v) is 10.3. The zero-order chi connectivity index (χ0) is 20.2. The highest BCUT2D eigenvalue weighted by molar-refractivity contribution is 7.84. The third kappa shape index (κ3) is 4.38. The number of guanidine groups is 1. The van der Waals surface area contributed by atoms with Crippen molar-refractivity contribution in [2.75, 3.05) is 11.9 Å². The van der Waals surface area contributed by atoms with Crippen LogP contribution in [0.5, 0.6) is 11.5 Å². The lowest BCUT2D eigenvalue weighted by molar-refractivity contribution is 0.483. The highest BCUT2D eigenvalue weighted by atomic mass is 35.5. The van der Waals surface area contributed by atoms with Gasteiger partial charge in [0, 0.05) is 19.2 Å². The molecule has 0 fully saturated rings. The van der Waals surface area contributed by atoms with Crippen LogP contribution in [0.1, 0.15) is 5.69 Å². The molecule has 1 unspecified atom stereocenters. The summed E-state index contributed by atoms with van der Waals surface area (Å²) >= 11 is 6.18. The number of nitrogens with one attached hydrogen (secondary N) is 2. The summed E-state index contributed by atoms with van der Waals surface area (Å²) in [4.78, 5) is 8.88. The topological polar surface area (TPSA) is 75.6 Å². The van der Waals surface area contributed by atoms with Gasteiger partial charge in [0.1, 0.15) is 17.3 Å². The molecule has 9 heteroatoms. The van der Waals surface area contributed by atoms with Crippen LogP contribution in [0, 0.1) is 5.82 Å². The summed E-state index contributed by atoms with van der Waals surface area (Å²) in [5.74, 6) is 0.885. The number of pyridine rings is 1. The van der Waals surface area contributed by atoms with Gasteiger partial charge in [-0.25, -0.2) is 8.60 Å². The number of hydrogen-bond donors (Lipinski definition) is 2. The van der Waals surface area contributed by atoms with Crippen LogP contribution in [0.3, 0.4) is 0 Å². The summed E-state index contributed by atoms with van der Waals surface area (Å²) < 4.78 is 35.0. The third-order valence-electron chi connectivity index (χ3n) is 4.13. The van der Waals surface area contributed by atoms with Gasteiger partial charge in [-0.3, -0.25) is 14.7 Å². The Balaban J connectivity index is 1.55. The fraction of sp³-hybridized carbons (Fsp3) is 0.100. The van der Waals surface area contributed by atoms with E-state index in [-0.39, 0.29) is 12.4 Å². The lowest BCUT2D eigenvalue weighted by Crippen LogP contribution is -2.37. The van der Waals surface area contributed by atoms with E-state index in [1.54, 1.807) is 30.3 Å². The first kappa shape index (κ1) is 19.4. The number of fused-ring (bicyclic) bond motifs is 1. The molecule has 0 saturated carbocycles. The summed E-state index contributed by atoms with van der Waals surface area (Å²) in [6.07, 6.45) is 1.85. The molecule has 0 radical (unpaired) electrons. The van der Waals surface area contributed by atoms with Crippen LogP contribution < -0.4 is 14.8 Å². The number of para-hydroxylation sites is 2. The first-order valence-electron chi connectivity index (χ1n) is 8.76. The maximum atomic E-state index is 13.7. The Morgan fingerprint density at radius 3 is 2.76 bits per heavy atom. The Labute approximate surface area is 174 Å². The number of ether oxygens (including phenoxy) is 1. The Kier molecular flexibility index (Phi) is 5.73. The summed E-state index contributed by atoms with van der Waals surface area (Å²) in [7, 11) is -1.52. The second-order valence-corrected chi connectivity index (χ2v) is 7.66. The quantitative estimate of drug-likeness (QED) is 0.632. The zero-order valence-corrected chi connectivity index (χ0v) is 16.6. The normalized spacial score (nSPS) is 16.6. The van der Waals surface area contributed by atoms with E-state index in [1.165, 1.54) is 18.3 Å².